The lowest BCUT2D eigenvalue weighted by Gasteiger charge is -2.26. The maximum absolute atomic E-state index is 11.6. The number of urea groups is 1. The number of carbonyl (C=O) groups is 1. The number of hydrogen-bond acceptors (Lipinski definition) is 4. The number of amides is 2. The van der Waals surface area contributed by atoms with E-state index in [0.717, 1.165) is 0 Å². The van der Waals surface area contributed by atoms with Crippen molar-refractivity contribution in [3.8, 4) is 0 Å². The van der Waals surface area contributed by atoms with Crippen LogP contribution in [0.1, 0.15) is 20.3 Å². The Morgan fingerprint density at radius 2 is 2.38 bits per heavy atom. The van der Waals surface area contributed by atoms with Crippen LogP contribution in [0, 0.1) is 0 Å². The summed E-state index contributed by atoms with van der Waals surface area (Å²) in [5.41, 5.74) is -0.622. The summed E-state index contributed by atoms with van der Waals surface area (Å²) in [5.74, 6) is 0.355. The van der Waals surface area contributed by atoms with Gasteiger partial charge in [-0.1, -0.05) is 6.92 Å². The molecule has 1 atom stereocenters. The van der Waals surface area contributed by atoms with Crippen LogP contribution in [0.3, 0.4) is 0 Å². The van der Waals surface area contributed by atoms with Gasteiger partial charge in [0.25, 0.3) is 0 Å². The lowest BCUT2D eigenvalue weighted by molar-refractivity contribution is 0.172. The molecule has 0 spiro atoms. The molecule has 1 rings (SSSR count). The molecule has 7 nitrogen and oxygen atoms in total. The second-order valence-electron chi connectivity index (χ2n) is 3.86. The van der Waals surface area contributed by atoms with Crippen LogP contribution in [0.15, 0.2) is 6.33 Å². The molecule has 0 bridgehead atoms. The highest BCUT2D eigenvalue weighted by Crippen LogP contribution is 2.08. The van der Waals surface area contributed by atoms with Crippen LogP contribution < -0.4 is 10.6 Å². The van der Waals surface area contributed by atoms with Gasteiger partial charge in [0.05, 0.1) is 12.1 Å². The summed E-state index contributed by atoms with van der Waals surface area (Å²) >= 11 is 0. The molecule has 0 aliphatic carbocycles. The maximum Gasteiger partial charge on any atom is 0.322 e. The number of nitrogens with zero attached hydrogens (tertiary/aromatic N) is 3. The normalized spacial score (nSPS) is 14.2. The standard InChI is InChI=1S/C9H17N5O2/c1-4-9(2,5-15)13-8(16)12-7-10-6-11-14(7)3/h6,15H,4-5H2,1-3H3,(H2,10,11,12,13,16). The Morgan fingerprint density at radius 3 is 2.81 bits per heavy atom. The highest BCUT2D eigenvalue weighted by atomic mass is 16.3. The molecule has 0 saturated carbocycles. The van der Waals surface area contributed by atoms with Crippen molar-refractivity contribution in [2.45, 2.75) is 25.8 Å². The van der Waals surface area contributed by atoms with Crippen molar-refractivity contribution < 1.29 is 9.90 Å². The van der Waals surface area contributed by atoms with Gasteiger partial charge in [-0.05, 0) is 13.3 Å². The van der Waals surface area contributed by atoms with E-state index in [1.165, 1.54) is 11.0 Å². The molecule has 1 heterocycles. The Labute approximate surface area is 93.9 Å². The molecule has 90 valence electrons. The van der Waals surface area contributed by atoms with E-state index in [1.807, 2.05) is 6.92 Å². The van der Waals surface area contributed by atoms with Crippen LogP contribution >= 0.6 is 0 Å². The van der Waals surface area contributed by atoms with E-state index in [0.29, 0.717) is 12.4 Å². The maximum atomic E-state index is 11.6. The number of aliphatic hydroxyl groups excluding tert-OH is 1. The van der Waals surface area contributed by atoms with Crippen molar-refractivity contribution >= 4 is 12.0 Å². The largest absolute Gasteiger partial charge is 0.394 e. The molecular formula is C9H17N5O2. The zero-order valence-electron chi connectivity index (χ0n) is 9.69. The van der Waals surface area contributed by atoms with E-state index in [2.05, 4.69) is 20.7 Å². The van der Waals surface area contributed by atoms with E-state index < -0.39 is 11.6 Å². The SMILES string of the molecule is CCC(C)(CO)NC(=O)Nc1ncnn1C. The summed E-state index contributed by atoms with van der Waals surface area (Å²) in [6.07, 6.45) is 1.98. The summed E-state index contributed by atoms with van der Waals surface area (Å²) in [4.78, 5) is 15.4. The van der Waals surface area contributed by atoms with Crippen molar-refractivity contribution in [2.24, 2.45) is 7.05 Å². The number of nitrogens with one attached hydrogen (secondary N) is 2. The third-order valence-corrected chi connectivity index (χ3v) is 2.48. The first-order chi connectivity index (χ1) is 7.50. The molecule has 3 N–H and O–H groups in total. The van der Waals surface area contributed by atoms with Gasteiger partial charge in [0, 0.05) is 7.05 Å². The van der Waals surface area contributed by atoms with Gasteiger partial charge in [-0.15, -0.1) is 0 Å². The van der Waals surface area contributed by atoms with Crippen molar-refractivity contribution in [3.63, 3.8) is 0 Å². The van der Waals surface area contributed by atoms with Crippen LogP contribution in [0.5, 0.6) is 0 Å². The Kier molecular flexibility index (Phi) is 3.83. The second kappa shape index (κ2) is 4.93. The van der Waals surface area contributed by atoms with Crippen molar-refractivity contribution in [3.05, 3.63) is 6.33 Å². The van der Waals surface area contributed by atoms with E-state index >= 15 is 0 Å². The average Bonchev–Trinajstić information content (AvgIpc) is 2.64. The molecule has 0 aromatic carbocycles. The van der Waals surface area contributed by atoms with E-state index in [-0.39, 0.29) is 6.61 Å². The van der Waals surface area contributed by atoms with Gasteiger partial charge in [-0.3, -0.25) is 5.32 Å². The summed E-state index contributed by atoms with van der Waals surface area (Å²) in [7, 11) is 1.67. The fourth-order valence-electron chi connectivity index (χ4n) is 1.06. The molecule has 7 heteroatoms. The molecule has 2 amide bonds. The zero-order chi connectivity index (χ0) is 12.2. The predicted molar refractivity (Wildman–Crippen MR) is 58.9 cm³/mol. The first-order valence-corrected chi connectivity index (χ1v) is 5.05. The van der Waals surface area contributed by atoms with Crippen molar-refractivity contribution in [2.75, 3.05) is 11.9 Å². The highest BCUT2D eigenvalue weighted by Gasteiger charge is 2.23. The minimum Gasteiger partial charge on any atom is -0.394 e. The Morgan fingerprint density at radius 1 is 1.69 bits per heavy atom. The van der Waals surface area contributed by atoms with E-state index in [1.54, 1.807) is 14.0 Å². The lowest BCUT2D eigenvalue weighted by atomic mass is 10.0. The minimum absolute atomic E-state index is 0.115. The molecular weight excluding hydrogens is 210 g/mol. The van der Waals surface area contributed by atoms with Crippen molar-refractivity contribution in [1.82, 2.24) is 20.1 Å². The van der Waals surface area contributed by atoms with Gasteiger partial charge in [0.1, 0.15) is 6.33 Å². The number of aliphatic hydroxyl groups is 1. The van der Waals surface area contributed by atoms with Gasteiger partial charge < -0.3 is 10.4 Å². The molecule has 1 aromatic heterocycles. The monoisotopic (exact) mass is 227 g/mol. The number of carbonyl (C=O) groups excluding carboxylic acids is 1. The highest BCUT2D eigenvalue weighted by molar-refractivity contribution is 5.87. The van der Waals surface area contributed by atoms with E-state index in [9.17, 15) is 4.79 Å². The van der Waals surface area contributed by atoms with Gasteiger partial charge >= 0.3 is 6.03 Å². The molecule has 0 aliphatic heterocycles. The molecule has 0 aliphatic rings. The molecule has 0 fully saturated rings. The first kappa shape index (κ1) is 12.4. The number of hydrogen-bond donors (Lipinski definition) is 3. The summed E-state index contributed by atoms with van der Waals surface area (Å²) in [6.45, 7) is 3.54. The van der Waals surface area contributed by atoms with Crippen LogP contribution in [0.25, 0.3) is 0 Å². The lowest BCUT2D eigenvalue weighted by Crippen LogP contribution is -2.50. The summed E-state index contributed by atoms with van der Waals surface area (Å²) in [6, 6.07) is -0.408. The van der Waals surface area contributed by atoms with Crippen LogP contribution in [-0.4, -0.2) is 38.0 Å². The summed E-state index contributed by atoms with van der Waals surface area (Å²) in [5, 5.41) is 18.2. The minimum atomic E-state index is -0.622. The third-order valence-electron chi connectivity index (χ3n) is 2.48. The Balaban J connectivity index is 2.57. The second-order valence-corrected chi connectivity index (χ2v) is 3.86. The number of anilines is 1. The quantitative estimate of drug-likeness (QED) is 0.680. The molecule has 0 saturated heterocycles. The predicted octanol–water partition coefficient (Wildman–Crippen LogP) is 0.0976. The third kappa shape index (κ3) is 2.93. The fraction of sp³-hybridized carbons (Fsp3) is 0.667. The van der Waals surface area contributed by atoms with Crippen LogP contribution in [0.2, 0.25) is 0 Å². The molecule has 0 radical (unpaired) electrons. The Hall–Kier alpha value is -1.63. The fourth-order valence-corrected chi connectivity index (χ4v) is 1.06. The molecule has 16 heavy (non-hydrogen) atoms. The Bertz CT molecular complexity index is 359. The van der Waals surface area contributed by atoms with Gasteiger partial charge in [-0.2, -0.15) is 10.1 Å². The summed E-state index contributed by atoms with van der Waals surface area (Å²) < 4.78 is 1.45. The topological polar surface area (TPSA) is 92.1 Å². The van der Waals surface area contributed by atoms with Gasteiger partial charge in [0.15, 0.2) is 0 Å². The van der Waals surface area contributed by atoms with E-state index in [4.69, 9.17) is 5.11 Å². The molecule has 1 aromatic rings. The van der Waals surface area contributed by atoms with Crippen LogP contribution in [0.4, 0.5) is 10.7 Å². The van der Waals surface area contributed by atoms with Crippen molar-refractivity contribution in [1.29, 1.82) is 0 Å². The van der Waals surface area contributed by atoms with Gasteiger partial charge in [0.2, 0.25) is 5.95 Å². The average molecular weight is 227 g/mol. The number of aryl methyl sites for hydroxylation is 1. The number of aromatic nitrogens is 3. The smallest absolute Gasteiger partial charge is 0.322 e. The molecule has 1 unspecified atom stereocenters. The van der Waals surface area contributed by atoms with Gasteiger partial charge in [-0.25, -0.2) is 9.48 Å². The number of rotatable bonds is 4. The first-order valence-electron chi connectivity index (χ1n) is 5.05. The zero-order valence-corrected chi connectivity index (χ0v) is 9.69. The van der Waals surface area contributed by atoms with Crippen LogP contribution in [-0.2, 0) is 7.05 Å².